The van der Waals surface area contributed by atoms with Crippen molar-refractivity contribution in [2.45, 2.75) is 17.7 Å². The van der Waals surface area contributed by atoms with E-state index in [1.54, 1.807) is 4.90 Å². The number of likely N-dealkylation sites (tertiary alicyclic amines) is 1. The van der Waals surface area contributed by atoms with Crippen molar-refractivity contribution in [1.29, 1.82) is 0 Å². The Hall–Kier alpha value is -0.820. The van der Waals surface area contributed by atoms with Crippen molar-refractivity contribution in [1.82, 2.24) is 10.2 Å². The van der Waals surface area contributed by atoms with Crippen molar-refractivity contribution in [3.63, 3.8) is 0 Å². The topological polar surface area (TPSA) is 66.5 Å². The molecule has 1 aliphatic rings. The molecule has 1 fully saturated rings. The normalized spacial score (nSPS) is 18.3. The number of halogens is 2. The molecule has 1 unspecified atom stereocenters. The zero-order valence-corrected chi connectivity index (χ0v) is 15.4. The van der Waals surface area contributed by atoms with Crippen LogP contribution in [0.3, 0.4) is 0 Å². The van der Waals surface area contributed by atoms with Crippen LogP contribution in [-0.2, 0) is 14.6 Å². The Morgan fingerprint density at radius 1 is 1.35 bits per heavy atom. The van der Waals surface area contributed by atoms with Gasteiger partial charge in [0.15, 0.2) is 9.84 Å². The summed E-state index contributed by atoms with van der Waals surface area (Å²) in [5.74, 6) is -0.419. The fraction of sp³-hybridized carbons (Fsp3) is 0.533. The van der Waals surface area contributed by atoms with Crippen molar-refractivity contribution in [2.24, 2.45) is 5.92 Å². The lowest BCUT2D eigenvalue weighted by Crippen LogP contribution is -2.44. The van der Waals surface area contributed by atoms with Crippen LogP contribution in [0.1, 0.15) is 12.8 Å². The lowest BCUT2D eigenvalue weighted by atomic mass is 9.98. The third kappa shape index (κ3) is 5.64. The molecule has 1 N–H and O–H groups in total. The molecule has 0 aromatic heterocycles. The van der Waals surface area contributed by atoms with E-state index in [2.05, 4.69) is 5.32 Å². The molecule has 1 aromatic rings. The number of benzene rings is 1. The summed E-state index contributed by atoms with van der Waals surface area (Å²) in [5.41, 5.74) is 0. The Morgan fingerprint density at radius 2 is 2.00 bits per heavy atom. The van der Waals surface area contributed by atoms with Crippen LogP contribution < -0.4 is 5.32 Å². The number of piperidine rings is 1. The summed E-state index contributed by atoms with van der Waals surface area (Å²) < 4.78 is 24.6. The molecule has 0 radical (unpaired) electrons. The van der Waals surface area contributed by atoms with Crippen molar-refractivity contribution >= 4 is 39.8 Å². The number of hydrogen-bond donors (Lipinski definition) is 1. The SMILES string of the molecule is CNCC1CCCN(C(=O)CS(=O)(=O)c2ccc(Cl)cc2)C1.Cl. The van der Waals surface area contributed by atoms with Crippen LogP contribution in [0.5, 0.6) is 0 Å². The number of nitrogens with zero attached hydrogens (tertiary/aromatic N) is 1. The molecule has 1 heterocycles. The predicted molar refractivity (Wildman–Crippen MR) is 94.0 cm³/mol. The second kappa shape index (κ2) is 8.87. The van der Waals surface area contributed by atoms with Gasteiger partial charge in [-0.3, -0.25) is 4.79 Å². The lowest BCUT2D eigenvalue weighted by Gasteiger charge is -2.32. The lowest BCUT2D eigenvalue weighted by molar-refractivity contribution is -0.130. The first-order chi connectivity index (χ1) is 10.4. The number of sulfone groups is 1. The highest BCUT2D eigenvalue weighted by Gasteiger charge is 2.27. The molecule has 0 aliphatic carbocycles. The zero-order chi connectivity index (χ0) is 16.2. The minimum absolute atomic E-state index is 0. The summed E-state index contributed by atoms with van der Waals surface area (Å²) in [5, 5.41) is 3.58. The summed E-state index contributed by atoms with van der Waals surface area (Å²) in [6.45, 7) is 2.10. The Morgan fingerprint density at radius 3 is 2.61 bits per heavy atom. The van der Waals surface area contributed by atoms with Gasteiger partial charge in [0, 0.05) is 18.1 Å². The van der Waals surface area contributed by atoms with Crippen molar-refractivity contribution in [3.8, 4) is 0 Å². The Balaban J connectivity index is 0.00000264. The monoisotopic (exact) mass is 380 g/mol. The molecule has 1 aromatic carbocycles. The molecule has 1 amide bonds. The van der Waals surface area contributed by atoms with Crippen molar-refractivity contribution in [2.75, 3.05) is 32.4 Å². The highest BCUT2D eigenvalue weighted by atomic mass is 35.5. The van der Waals surface area contributed by atoms with Crippen LogP contribution >= 0.6 is 24.0 Å². The fourth-order valence-corrected chi connectivity index (χ4v) is 4.08. The molecule has 1 aliphatic heterocycles. The molecule has 5 nitrogen and oxygen atoms in total. The minimum Gasteiger partial charge on any atom is -0.341 e. The third-order valence-corrected chi connectivity index (χ3v) is 5.72. The molecule has 130 valence electrons. The smallest absolute Gasteiger partial charge is 0.238 e. The summed E-state index contributed by atoms with van der Waals surface area (Å²) in [7, 11) is -1.74. The predicted octanol–water partition coefficient (Wildman–Crippen LogP) is 1.99. The van der Waals surface area contributed by atoms with Gasteiger partial charge in [0.25, 0.3) is 0 Å². The number of hydrogen-bond acceptors (Lipinski definition) is 4. The van der Waals surface area contributed by atoms with Gasteiger partial charge in [-0.05, 0) is 56.6 Å². The number of carbonyl (C=O) groups excluding carboxylic acids is 1. The van der Waals surface area contributed by atoms with Crippen LogP contribution in [0.25, 0.3) is 0 Å². The van der Waals surface area contributed by atoms with Crippen LogP contribution in [-0.4, -0.2) is 51.7 Å². The Bertz CT molecular complexity index is 618. The molecular formula is C15H22Cl2N2O3S. The third-order valence-electron chi connectivity index (χ3n) is 3.85. The Kier molecular flexibility index (Phi) is 7.80. The van der Waals surface area contributed by atoms with Gasteiger partial charge in [0.05, 0.1) is 4.90 Å². The van der Waals surface area contributed by atoms with Crippen LogP contribution in [0, 0.1) is 5.92 Å². The Labute approximate surface area is 148 Å². The van der Waals surface area contributed by atoms with Crippen LogP contribution in [0.4, 0.5) is 0 Å². The maximum absolute atomic E-state index is 12.3. The molecule has 0 bridgehead atoms. The maximum atomic E-state index is 12.3. The second-order valence-corrected chi connectivity index (χ2v) is 8.04. The average Bonchev–Trinajstić information content (AvgIpc) is 2.48. The first-order valence-corrected chi connectivity index (χ1v) is 9.36. The van der Waals surface area contributed by atoms with E-state index in [0.717, 1.165) is 19.4 Å². The summed E-state index contributed by atoms with van der Waals surface area (Å²) in [4.78, 5) is 14.1. The number of nitrogens with one attached hydrogen (secondary N) is 1. The highest BCUT2D eigenvalue weighted by molar-refractivity contribution is 7.92. The van der Waals surface area contributed by atoms with Gasteiger partial charge < -0.3 is 10.2 Å². The number of rotatable bonds is 5. The zero-order valence-electron chi connectivity index (χ0n) is 13.0. The van der Waals surface area contributed by atoms with E-state index in [1.807, 2.05) is 7.05 Å². The van der Waals surface area contributed by atoms with Gasteiger partial charge >= 0.3 is 0 Å². The molecule has 8 heteroatoms. The van der Waals surface area contributed by atoms with Gasteiger partial charge in [-0.25, -0.2) is 8.42 Å². The van der Waals surface area contributed by atoms with Gasteiger partial charge in [-0.15, -0.1) is 12.4 Å². The largest absolute Gasteiger partial charge is 0.341 e. The molecule has 1 saturated heterocycles. The first-order valence-electron chi connectivity index (χ1n) is 7.33. The van der Waals surface area contributed by atoms with E-state index in [0.29, 0.717) is 24.0 Å². The highest BCUT2D eigenvalue weighted by Crippen LogP contribution is 2.19. The van der Waals surface area contributed by atoms with Crippen LogP contribution in [0.15, 0.2) is 29.2 Å². The van der Waals surface area contributed by atoms with Crippen molar-refractivity contribution in [3.05, 3.63) is 29.3 Å². The average molecular weight is 381 g/mol. The van der Waals surface area contributed by atoms with Gasteiger partial charge in [0.2, 0.25) is 5.91 Å². The molecule has 23 heavy (non-hydrogen) atoms. The summed E-state index contributed by atoms with van der Waals surface area (Å²) in [6.07, 6.45) is 1.98. The fourth-order valence-electron chi connectivity index (χ4n) is 2.73. The summed E-state index contributed by atoms with van der Waals surface area (Å²) >= 11 is 5.76. The number of amides is 1. The van der Waals surface area contributed by atoms with E-state index < -0.39 is 15.6 Å². The molecule has 0 saturated carbocycles. The van der Waals surface area contributed by atoms with Crippen molar-refractivity contribution < 1.29 is 13.2 Å². The molecule has 0 spiro atoms. The van der Waals surface area contributed by atoms with Gasteiger partial charge in [-0.2, -0.15) is 0 Å². The maximum Gasteiger partial charge on any atom is 0.238 e. The van der Waals surface area contributed by atoms with Crippen LogP contribution in [0.2, 0.25) is 5.02 Å². The standard InChI is InChI=1S/C15H21ClN2O3S.ClH/c1-17-9-12-3-2-8-18(10-12)15(19)11-22(20,21)14-6-4-13(16)5-7-14;/h4-7,12,17H,2-3,8-11H2,1H3;1H. The minimum atomic E-state index is -3.62. The van der Waals surface area contributed by atoms with E-state index in [9.17, 15) is 13.2 Å². The molecule has 1 atom stereocenters. The first kappa shape index (κ1) is 20.2. The van der Waals surface area contributed by atoms with Gasteiger partial charge in [0.1, 0.15) is 5.75 Å². The molecular weight excluding hydrogens is 359 g/mol. The molecule has 2 rings (SSSR count). The van der Waals surface area contributed by atoms with E-state index >= 15 is 0 Å². The van der Waals surface area contributed by atoms with E-state index in [-0.39, 0.29) is 23.2 Å². The quantitative estimate of drug-likeness (QED) is 0.847. The second-order valence-electron chi connectivity index (χ2n) is 5.62. The summed E-state index contributed by atoms with van der Waals surface area (Å²) in [6, 6.07) is 5.90. The van der Waals surface area contributed by atoms with E-state index in [4.69, 9.17) is 11.6 Å². The number of carbonyl (C=O) groups is 1. The van der Waals surface area contributed by atoms with Gasteiger partial charge in [-0.1, -0.05) is 11.6 Å². The van der Waals surface area contributed by atoms with E-state index in [1.165, 1.54) is 24.3 Å².